The molecule has 0 radical (unpaired) electrons. The van der Waals surface area contributed by atoms with Gasteiger partial charge in [0.15, 0.2) is 0 Å². The second-order valence-electron chi connectivity index (χ2n) is 4.44. The number of aliphatic hydroxyl groups excluding tert-OH is 1. The second-order valence-corrected chi connectivity index (χ2v) is 4.44. The molecule has 2 rings (SSSR count). The molecule has 0 aliphatic carbocycles. The summed E-state index contributed by atoms with van der Waals surface area (Å²) in [5.74, 6) is 0.303. The Hall–Kier alpha value is -2.34. The number of benzene rings is 1. The molecule has 1 amide bonds. The third-order valence-corrected chi connectivity index (χ3v) is 2.98. The van der Waals surface area contributed by atoms with Gasteiger partial charge in [0, 0.05) is 13.7 Å². The van der Waals surface area contributed by atoms with Crippen LogP contribution in [-0.4, -0.2) is 27.4 Å². The Morgan fingerprint density at radius 3 is 2.80 bits per heavy atom. The van der Waals surface area contributed by atoms with E-state index in [0.29, 0.717) is 23.7 Å². The van der Waals surface area contributed by atoms with Gasteiger partial charge in [-0.1, -0.05) is 18.2 Å². The van der Waals surface area contributed by atoms with Crippen molar-refractivity contribution in [3.63, 3.8) is 0 Å². The lowest BCUT2D eigenvalue weighted by atomic mass is 10.1. The Morgan fingerprint density at radius 2 is 2.15 bits per heavy atom. The lowest BCUT2D eigenvalue weighted by molar-refractivity contribution is 0.0997. The Bertz CT molecular complexity index is 635. The highest BCUT2D eigenvalue weighted by molar-refractivity contribution is 5.96. The standard InChI is InChI=1S/C14H17N3O3/c1-9-12(13(15)19)14(17(2)16-9)20-11-6-4-3-5-10(11)7-8-18/h3-6,18H,7-8H2,1-2H3,(H2,15,19). The van der Waals surface area contributed by atoms with Gasteiger partial charge in [0.25, 0.3) is 5.91 Å². The van der Waals surface area contributed by atoms with Crippen LogP contribution in [0, 0.1) is 6.92 Å². The van der Waals surface area contributed by atoms with Crippen molar-refractivity contribution in [1.29, 1.82) is 0 Å². The molecule has 0 saturated carbocycles. The molecular formula is C14H17N3O3. The zero-order chi connectivity index (χ0) is 14.7. The van der Waals surface area contributed by atoms with E-state index in [4.69, 9.17) is 15.6 Å². The molecule has 0 saturated heterocycles. The first-order chi connectivity index (χ1) is 9.54. The summed E-state index contributed by atoms with van der Waals surface area (Å²) in [7, 11) is 1.68. The highest BCUT2D eigenvalue weighted by Gasteiger charge is 2.20. The number of rotatable bonds is 5. The van der Waals surface area contributed by atoms with E-state index < -0.39 is 5.91 Å². The predicted octanol–water partition coefficient (Wildman–Crippen LogP) is 1.15. The van der Waals surface area contributed by atoms with Crippen LogP contribution in [0.3, 0.4) is 0 Å². The van der Waals surface area contributed by atoms with Gasteiger partial charge in [-0.2, -0.15) is 5.10 Å². The lowest BCUT2D eigenvalue weighted by Crippen LogP contribution is -2.13. The number of ether oxygens (including phenoxy) is 1. The maximum atomic E-state index is 11.5. The highest BCUT2D eigenvalue weighted by Crippen LogP contribution is 2.29. The van der Waals surface area contributed by atoms with Crippen molar-refractivity contribution in [2.75, 3.05) is 6.61 Å². The monoisotopic (exact) mass is 275 g/mol. The molecule has 1 aromatic heterocycles. The second kappa shape index (κ2) is 5.75. The number of amides is 1. The summed E-state index contributed by atoms with van der Waals surface area (Å²) in [6.45, 7) is 1.72. The summed E-state index contributed by atoms with van der Waals surface area (Å²) in [6, 6.07) is 7.32. The van der Waals surface area contributed by atoms with E-state index in [1.807, 2.05) is 18.2 Å². The van der Waals surface area contributed by atoms with Crippen LogP contribution in [0.2, 0.25) is 0 Å². The average molecular weight is 275 g/mol. The summed E-state index contributed by atoms with van der Waals surface area (Å²) in [4.78, 5) is 11.5. The molecule has 6 nitrogen and oxygen atoms in total. The van der Waals surface area contributed by atoms with Gasteiger partial charge < -0.3 is 15.6 Å². The van der Waals surface area contributed by atoms with E-state index in [2.05, 4.69) is 5.10 Å². The van der Waals surface area contributed by atoms with Crippen LogP contribution in [0.15, 0.2) is 24.3 Å². The number of hydrogen-bond acceptors (Lipinski definition) is 4. The van der Waals surface area contributed by atoms with Crippen molar-refractivity contribution in [3.05, 3.63) is 41.1 Å². The van der Waals surface area contributed by atoms with Gasteiger partial charge in [0.1, 0.15) is 11.3 Å². The predicted molar refractivity (Wildman–Crippen MR) is 73.8 cm³/mol. The number of aryl methyl sites for hydroxylation is 2. The number of para-hydroxylation sites is 1. The van der Waals surface area contributed by atoms with Crippen LogP contribution in [0.4, 0.5) is 0 Å². The van der Waals surface area contributed by atoms with E-state index in [-0.39, 0.29) is 12.2 Å². The van der Waals surface area contributed by atoms with E-state index in [1.54, 1.807) is 20.0 Å². The highest BCUT2D eigenvalue weighted by atomic mass is 16.5. The Labute approximate surface area is 116 Å². The fourth-order valence-electron chi connectivity index (χ4n) is 2.07. The SMILES string of the molecule is Cc1nn(C)c(Oc2ccccc2CCO)c1C(N)=O. The Morgan fingerprint density at radius 1 is 1.45 bits per heavy atom. The third kappa shape index (κ3) is 2.65. The molecule has 3 N–H and O–H groups in total. The van der Waals surface area contributed by atoms with Crippen molar-refractivity contribution in [2.45, 2.75) is 13.3 Å². The molecule has 2 aromatic rings. The maximum absolute atomic E-state index is 11.5. The summed E-state index contributed by atoms with van der Waals surface area (Å²) in [5.41, 5.74) is 7.01. The average Bonchev–Trinajstić information content (AvgIpc) is 2.67. The first-order valence-electron chi connectivity index (χ1n) is 6.24. The summed E-state index contributed by atoms with van der Waals surface area (Å²) < 4.78 is 7.27. The van der Waals surface area contributed by atoms with Gasteiger partial charge >= 0.3 is 0 Å². The van der Waals surface area contributed by atoms with E-state index in [1.165, 1.54) is 4.68 Å². The van der Waals surface area contributed by atoms with Gasteiger partial charge in [0.05, 0.1) is 5.69 Å². The Kier molecular flexibility index (Phi) is 4.05. The number of carbonyl (C=O) groups is 1. The minimum atomic E-state index is -0.578. The minimum absolute atomic E-state index is 0.0213. The molecule has 0 bridgehead atoms. The molecule has 0 aliphatic heterocycles. The molecule has 6 heteroatoms. The van der Waals surface area contributed by atoms with E-state index in [0.717, 1.165) is 5.56 Å². The topological polar surface area (TPSA) is 90.4 Å². The van der Waals surface area contributed by atoms with Crippen LogP contribution >= 0.6 is 0 Å². The number of hydrogen-bond donors (Lipinski definition) is 2. The number of carbonyl (C=O) groups excluding carboxylic acids is 1. The summed E-state index contributed by atoms with van der Waals surface area (Å²) >= 11 is 0. The zero-order valence-corrected chi connectivity index (χ0v) is 11.5. The van der Waals surface area contributed by atoms with Crippen molar-refractivity contribution in [2.24, 2.45) is 12.8 Å². The smallest absolute Gasteiger partial charge is 0.256 e. The fraction of sp³-hybridized carbons (Fsp3) is 0.286. The van der Waals surface area contributed by atoms with Crippen molar-refractivity contribution in [1.82, 2.24) is 9.78 Å². The van der Waals surface area contributed by atoms with Crippen LogP contribution in [0.5, 0.6) is 11.6 Å². The van der Waals surface area contributed by atoms with Crippen LogP contribution in [0.1, 0.15) is 21.6 Å². The van der Waals surface area contributed by atoms with Crippen molar-refractivity contribution >= 4 is 5.91 Å². The number of aromatic nitrogens is 2. The van der Waals surface area contributed by atoms with Crippen LogP contribution in [0.25, 0.3) is 0 Å². The first-order valence-corrected chi connectivity index (χ1v) is 6.24. The van der Waals surface area contributed by atoms with Gasteiger partial charge in [-0.25, -0.2) is 4.68 Å². The molecule has 0 spiro atoms. The lowest BCUT2D eigenvalue weighted by Gasteiger charge is -2.11. The van der Waals surface area contributed by atoms with E-state index >= 15 is 0 Å². The Balaban J connectivity index is 2.43. The minimum Gasteiger partial charge on any atom is -0.438 e. The van der Waals surface area contributed by atoms with E-state index in [9.17, 15) is 4.79 Å². The molecular weight excluding hydrogens is 258 g/mol. The molecule has 0 atom stereocenters. The molecule has 0 fully saturated rings. The fourth-order valence-corrected chi connectivity index (χ4v) is 2.07. The summed E-state index contributed by atoms with van der Waals surface area (Å²) in [5, 5.41) is 13.2. The molecule has 1 aromatic carbocycles. The van der Waals surface area contributed by atoms with Gasteiger partial charge in [-0.3, -0.25) is 4.79 Å². The number of nitrogens with two attached hydrogens (primary N) is 1. The maximum Gasteiger partial charge on any atom is 0.256 e. The quantitative estimate of drug-likeness (QED) is 0.856. The molecule has 0 aliphatic rings. The molecule has 106 valence electrons. The molecule has 1 heterocycles. The van der Waals surface area contributed by atoms with Gasteiger partial charge in [-0.15, -0.1) is 0 Å². The van der Waals surface area contributed by atoms with Crippen molar-refractivity contribution < 1.29 is 14.6 Å². The third-order valence-electron chi connectivity index (χ3n) is 2.98. The van der Waals surface area contributed by atoms with Gasteiger partial charge in [-0.05, 0) is 25.0 Å². The number of aliphatic hydroxyl groups is 1. The van der Waals surface area contributed by atoms with Gasteiger partial charge in [0.2, 0.25) is 5.88 Å². The largest absolute Gasteiger partial charge is 0.438 e. The summed E-state index contributed by atoms with van der Waals surface area (Å²) in [6.07, 6.45) is 0.471. The number of nitrogens with zero attached hydrogens (tertiary/aromatic N) is 2. The molecule has 20 heavy (non-hydrogen) atoms. The van der Waals surface area contributed by atoms with Crippen LogP contribution < -0.4 is 10.5 Å². The molecule has 0 unspecified atom stereocenters. The van der Waals surface area contributed by atoms with Crippen molar-refractivity contribution in [3.8, 4) is 11.6 Å². The zero-order valence-electron chi connectivity index (χ0n) is 11.5. The normalized spacial score (nSPS) is 10.6. The van der Waals surface area contributed by atoms with Crippen LogP contribution in [-0.2, 0) is 13.5 Å². The number of primary amides is 1. The first kappa shape index (κ1) is 14.1.